The fourth-order valence-electron chi connectivity index (χ4n) is 28.3. The molecule has 5 bridgehead atoms. The van der Waals surface area contributed by atoms with E-state index in [1.807, 2.05) is 6.07 Å². The largest absolute Gasteiger partial charge is 0.469 e. The molecule has 7 aliphatic heterocycles. The standard InChI is InChI=1S/C71H88N2O11/c1-64-32-44-33-65-22-7-14-45(65)29-48-30-47-17-15-40-11-6-12-41-19-23-66-58(76)59(77)68(46-13-5-10-39(27-46)26-38-8-3-2-4-9-38,56(44)67(66)36-81-62(78)57(65)70(48,67)84-69(47,66)55(40)41)71(64)61(83-71)63(79)82-60(64)50-21-25-80-54(50)31-51(53(75)35-74)42-16-18-49-43(28-42)20-24-73-37-72-34-52(49)73/h2-4,8-9,20-21,24-25,30,39-47,49,51-53,55-57,59-61,72,74-75,77H,5-7,10-19,22-23,26-29,31-37H2,1H3/t39-,40-,41-,42-,43+,44+,45+,46+,47-,49-,51-,52+,53+,55-,56+,57-,59+,60-,61+,64-,65-,66-,67+,68-,69+,70-,71+/m0/s1. The number of cyclic esters (lactones) is 2. The van der Waals surface area contributed by atoms with Crippen molar-refractivity contribution in [2.75, 3.05) is 26.4 Å². The van der Waals surface area contributed by atoms with Gasteiger partial charge in [0, 0.05) is 41.3 Å². The molecule has 0 unspecified atom stereocenters. The van der Waals surface area contributed by atoms with Crippen LogP contribution in [0.4, 0.5) is 0 Å². The number of nitrogens with one attached hydrogen (secondary N) is 1. The molecule has 0 radical (unpaired) electrons. The summed E-state index contributed by atoms with van der Waals surface area (Å²) in [6.45, 7) is 3.88. The average molecular weight is 1150 g/mol. The first-order valence-corrected chi connectivity index (χ1v) is 34.1. The molecule has 1 aromatic heterocycles. The van der Waals surface area contributed by atoms with Gasteiger partial charge in [0.2, 0.25) is 0 Å². The third-order valence-electron chi connectivity index (χ3n) is 30.2. The highest BCUT2D eigenvalue weighted by atomic mass is 16.7. The number of esters is 2. The highest BCUT2D eigenvalue weighted by Gasteiger charge is 3.02. The van der Waals surface area contributed by atoms with Crippen LogP contribution in [0.2, 0.25) is 0 Å². The first-order chi connectivity index (χ1) is 40.9. The molecule has 5 saturated heterocycles. The summed E-state index contributed by atoms with van der Waals surface area (Å²) in [4.78, 5) is 52.3. The van der Waals surface area contributed by atoms with Crippen molar-refractivity contribution in [3.8, 4) is 0 Å². The Bertz CT molecular complexity index is 3190. The van der Waals surface area contributed by atoms with Crippen LogP contribution in [0.5, 0.6) is 0 Å². The topological polar surface area (TPSA) is 181 Å². The molecular weight excluding hydrogens is 1060 g/mol. The Hall–Kier alpha value is -3.85. The number of aliphatic hydroxyl groups excluding tert-OH is 3. The van der Waals surface area contributed by atoms with Crippen LogP contribution >= 0.6 is 0 Å². The quantitative estimate of drug-likeness (QED) is 0.106. The Labute approximate surface area is 494 Å². The van der Waals surface area contributed by atoms with E-state index in [1.165, 1.54) is 17.6 Å². The van der Waals surface area contributed by atoms with Gasteiger partial charge < -0.3 is 43.6 Å². The van der Waals surface area contributed by atoms with E-state index in [0.717, 1.165) is 134 Å². The first-order valence-electron chi connectivity index (χ1n) is 34.1. The number of allylic oxidation sites excluding steroid dienone is 1. The highest BCUT2D eigenvalue weighted by Crippen LogP contribution is 2.94. The Kier molecular flexibility index (Phi) is 10.7. The van der Waals surface area contributed by atoms with Crippen molar-refractivity contribution < 1.29 is 53.1 Å². The number of carbonyl (C=O) groups is 3. The van der Waals surface area contributed by atoms with Crippen molar-refractivity contribution in [2.45, 2.75) is 195 Å². The zero-order valence-electron chi connectivity index (χ0n) is 49.2. The normalized spacial score (nSPS) is 54.0. The maximum atomic E-state index is 18.1. The lowest BCUT2D eigenvalue weighted by atomic mass is 9.25. The third kappa shape index (κ3) is 5.68. The minimum absolute atomic E-state index is 0.00154. The lowest BCUT2D eigenvalue weighted by Gasteiger charge is -2.76. The molecule has 19 rings (SSSR count). The molecule has 10 saturated carbocycles. The molecule has 0 amide bonds. The Balaban J connectivity index is 0.819. The smallest absolute Gasteiger partial charge is 0.339 e. The van der Waals surface area contributed by atoms with E-state index in [1.54, 1.807) is 6.26 Å². The van der Waals surface area contributed by atoms with E-state index >= 15 is 19.5 Å². The molecule has 8 heterocycles. The third-order valence-corrected chi connectivity index (χ3v) is 30.2. The van der Waals surface area contributed by atoms with Gasteiger partial charge in [0.25, 0.3) is 0 Å². The maximum Gasteiger partial charge on any atom is 0.339 e. The number of benzene rings is 1. The van der Waals surface area contributed by atoms with Crippen LogP contribution in [0, 0.1) is 110 Å². The van der Waals surface area contributed by atoms with Crippen LogP contribution in [0.3, 0.4) is 0 Å². The van der Waals surface area contributed by atoms with Crippen LogP contribution < -0.4 is 5.32 Å². The molecule has 6 spiro atoms. The number of furan rings is 1. The van der Waals surface area contributed by atoms with Crippen molar-refractivity contribution in [1.29, 1.82) is 0 Å². The van der Waals surface area contributed by atoms with E-state index in [0.29, 0.717) is 54.7 Å². The molecule has 15 fully saturated rings. The molecule has 13 heteroatoms. The number of hydrogen-bond donors (Lipinski definition) is 4. The molecule has 17 aliphatic rings. The van der Waals surface area contributed by atoms with Crippen LogP contribution in [0.15, 0.2) is 71.0 Å². The number of carbonyl (C=O) groups excluding carboxylic acids is 3. The summed E-state index contributed by atoms with van der Waals surface area (Å²) in [5.41, 5.74) is -4.85. The molecule has 1 aromatic carbocycles. The SMILES string of the molecule is C[C@@]12C[C@@H]3C[C@@]45CCC[C@@H]4CC4=C[C@@H]6CC[C@@H]7CCC[C@H]8CC[C@]9%10C(=O)[C@@H](O)[C@]([C@@H]%11CCC[C@@H](Cc%12ccccc%12)C%11)([C@H]3[C@]93COC(=O)[C@@H]5[C@@]43O[C@@]6%10[C@@H]78)[C@]13O[C@@H]3C(=O)O[C@H]2c1ccoc1C[C@@H]([C@H]1CC[C@H]2[C@H](C=CN3CNC[C@H]23)C1)[C@H](O)CO. The van der Waals surface area contributed by atoms with Crippen LogP contribution in [-0.4, -0.2) is 106 Å². The number of aliphatic hydroxyl groups is 3. The molecule has 13 nitrogen and oxygen atoms in total. The summed E-state index contributed by atoms with van der Waals surface area (Å²) >= 11 is 0. The van der Waals surface area contributed by atoms with Gasteiger partial charge in [-0.1, -0.05) is 87.9 Å². The van der Waals surface area contributed by atoms with Crippen molar-refractivity contribution in [3.05, 3.63) is 83.5 Å². The fourth-order valence-corrected chi connectivity index (χ4v) is 28.3. The lowest BCUT2D eigenvalue weighted by molar-refractivity contribution is -0.314. The lowest BCUT2D eigenvalue weighted by Crippen LogP contribution is -2.85. The number of fused-ring (bicyclic) bond motifs is 3. The van der Waals surface area contributed by atoms with E-state index in [9.17, 15) is 10.2 Å². The van der Waals surface area contributed by atoms with Crippen molar-refractivity contribution in [2.24, 2.45) is 110 Å². The van der Waals surface area contributed by atoms with Gasteiger partial charge in [-0.05, 0) is 196 Å². The van der Waals surface area contributed by atoms with Gasteiger partial charge >= 0.3 is 11.9 Å². The number of ketones is 1. The summed E-state index contributed by atoms with van der Waals surface area (Å²) in [5, 5.41) is 41.5. The zero-order chi connectivity index (χ0) is 56.3. The second kappa shape index (κ2) is 17.3. The molecule has 4 N–H and O–H groups in total. The molecular formula is C71H88N2O11. The molecule has 84 heavy (non-hydrogen) atoms. The molecule has 27 atom stereocenters. The van der Waals surface area contributed by atoms with E-state index in [4.69, 9.17) is 23.4 Å². The number of epoxide rings is 1. The van der Waals surface area contributed by atoms with Gasteiger partial charge in [0.15, 0.2) is 11.9 Å². The van der Waals surface area contributed by atoms with Crippen LogP contribution in [0.1, 0.15) is 158 Å². The zero-order valence-corrected chi connectivity index (χ0v) is 49.2. The van der Waals surface area contributed by atoms with Gasteiger partial charge in [-0.25, -0.2) is 4.79 Å². The minimum Gasteiger partial charge on any atom is -0.469 e. The second-order valence-electron chi connectivity index (χ2n) is 32.1. The average Bonchev–Trinajstić information content (AvgIpc) is 1.40. The van der Waals surface area contributed by atoms with Crippen molar-refractivity contribution in [1.82, 2.24) is 10.2 Å². The Morgan fingerprint density at radius 3 is 2.57 bits per heavy atom. The van der Waals surface area contributed by atoms with Gasteiger partial charge in [0.1, 0.15) is 35.8 Å². The number of Topliss-reactive ketones (excluding diaryl/α,β-unsaturated/α-hetero) is 1. The van der Waals surface area contributed by atoms with E-state index < -0.39 is 80.2 Å². The van der Waals surface area contributed by atoms with Gasteiger partial charge in [-0.15, -0.1) is 0 Å². The minimum atomic E-state index is -1.47. The van der Waals surface area contributed by atoms with Crippen LogP contribution in [0.25, 0.3) is 0 Å². The van der Waals surface area contributed by atoms with Crippen molar-refractivity contribution in [3.63, 3.8) is 0 Å². The van der Waals surface area contributed by atoms with Gasteiger partial charge in [-0.3, -0.25) is 14.9 Å². The monoisotopic (exact) mass is 1140 g/mol. The second-order valence-corrected chi connectivity index (χ2v) is 32.1. The molecule has 448 valence electrons. The van der Waals surface area contributed by atoms with E-state index in [-0.39, 0.29) is 78.2 Å². The summed E-state index contributed by atoms with van der Waals surface area (Å²) < 4.78 is 37.5. The van der Waals surface area contributed by atoms with Crippen molar-refractivity contribution >= 4 is 17.7 Å². The van der Waals surface area contributed by atoms with Gasteiger partial charge in [-0.2, -0.15) is 0 Å². The number of hydrogen-bond acceptors (Lipinski definition) is 13. The number of rotatable bonds is 9. The summed E-state index contributed by atoms with van der Waals surface area (Å²) in [6.07, 6.45) is 24.6. The maximum absolute atomic E-state index is 18.1. The molecule has 2 aromatic rings. The Morgan fingerprint density at radius 2 is 1.70 bits per heavy atom. The van der Waals surface area contributed by atoms with E-state index in [2.05, 4.69) is 65.8 Å². The van der Waals surface area contributed by atoms with Gasteiger partial charge in [0.05, 0.1) is 48.0 Å². The summed E-state index contributed by atoms with van der Waals surface area (Å²) in [6, 6.07) is 13.3. The molecule has 10 aliphatic carbocycles. The van der Waals surface area contributed by atoms with Crippen LogP contribution in [-0.2, 0) is 46.2 Å². The number of nitrogens with zero attached hydrogens (tertiary/aromatic N) is 1. The predicted octanol–water partition coefficient (Wildman–Crippen LogP) is 9.36. The first kappa shape index (κ1) is 52.1. The predicted molar refractivity (Wildman–Crippen MR) is 305 cm³/mol. The number of ether oxygens (including phenoxy) is 4. The summed E-state index contributed by atoms with van der Waals surface area (Å²) in [7, 11) is 0. The highest BCUT2D eigenvalue weighted by molar-refractivity contribution is 5.97. The Morgan fingerprint density at radius 1 is 0.857 bits per heavy atom. The summed E-state index contributed by atoms with van der Waals surface area (Å²) in [5.74, 6) is 0.887. The fraction of sp³-hybridized carbons (Fsp3) is 0.761.